The van der Waals surface area contributed by atoms with Crippen LogP contribution in [0.3, 0.4) is 0 Å². The summed E-state index contributed by atoms with van der Waals surface area (Å²) in [4.78, 5) is 35.9. The molecule has 0 spiro atoms. The lowest BCUT2D eigenvalue weighted by molar-refractivity contribution is -0.146. The summed E-state index contributed by atoms with van der Waals surface area (Å²) in [5.41, 5.74) is 0.744. The number of esters is 1. The fraction of sp³-hybridized carbons (Fsp3) is 0.476. The molecule has 6 heteroatoms. The molecule has 1 saturated carbocycles. The number of nitrogens with one attached hydrogen (secondary N) is 2. The van der Waals surface area contributed by atoms with Gasteiger partial charge in [0.1, 0.15) is 5.70 Å². The molecule has 0 bridgehead atoms. The monoisotopic (exact) mass is 372 g/mol. The lowest BCUT2D eigenvalue weighted by Crippen LogP contribution is -2.45. The van der Waals surface area contributed by atoms with Crippen molar-refractivity contribution in [1.29, 1.82) is 0 Å². The van der Waals surface area contributed by atoms with Gasteiger partial charge < -0.3 is 15.4 Å². The van der Waals surface area contributed by atoms with Crippen molar-refractivity contribution in [1.82, 2.24) is 10.6 Å². The van der Waals surface area contributed by atoms with Gasteiger partial charge in [-0.3, -0.25) is 9.59 Å². The molecule has 1 aliphatic rings. The minimum Gasteiger partial charge on any atom is -0.451 e. The van der Waals surface area contributed by atoms with Crippen molar-refractivity contribution < 1.29 is 19.1 Å². The lowest BCUT2D eigenvalue weighted by Gasteiger charge is -2.34. The third-order valence-corrected chi connectivity index (χ3v) is 5.03. The van der Waals surface area contributed by atoms with Gasteiger partial charge in [-0.1, -0.05) is 57.0 Å². The molecule has 146 valence electrons. The van der Waals surface area contributed by atoms with Crippen LogP contribution in [-0.4, -0.2) is 30.4 Å². The van der Waals surface area contributed by atoms with Gasteiger partial charge in [-0.15, -0.1) is 0 Å². The molecule has 1 aromatic rings. The first-order chi connectivity index (χ1) is 12.9. The highest BCUT2D eigenvalue weighted by Gasteiger charge is 2.28. The van der Waals surface area contributed by atoms with Crippen LogP contribution >= 0.6 is 0 Å². The van der Waals surface area contributed by atoms with Crippen LogP contribution in [0.25, 0.3) is 6.08 Å². The molecule has 2 amide bonds. The van der Waals surface area contributed by atoms with Gasteiger partial charge >= 0.3 is 5.97 Å². The average molecular weight is 372 g/mol. The molecule has 1 aliphatic carbocycles. The molecule has 3 unspecified atom stereocenters. The first-order valence-corrected chi connectivity index (χ1v) is 9.37. The van der Waals surface area contributed by atoms with E-state index in [-0.39, 0.29) is 30.2 Å². The van der Waals surface area contributed by atoms with Gasteiger partial charge in [0.15, 0.2) is 6.61 Å². The van der Waals surface area contributed by atoms with Crippen LogP contribution in [0, 0.1) is 11.8 Å². The Balaban J connectivity index is 1.93. The van der Waals surface area contributed by atoms with Crippen molar-refractivity contribution in [3.8, 4) is 0 Å². The Labute approximate surface area is 160 Å². The molecule has 0 aliphatic heterocycles. The van der Waals surface area contributed by atoms with E-state index in [0.29, 0.717) is 11.8 Å². The number of carbonyl (C=O) groups excluding carboxylic acids is 3. The minimum atomic E-state index is -0.741. The minimum absolute atomic E-state index is 0.00107. The van der Waals surface area contributed by atoms with E-state index in [4.69, 9.17) is 4.74 Å². The van der Waals surface area contributed by atoms with Crippen LogP contribution in [0.1, 0.15) is 45.6 Å². The molecule has 3 atom stereocenters. The van der Waals surface area contributed by atoms with E-state index < -0.39 is 5.97 Å². The Morgan fingerprint density at radius 2 is 1.85 bits per heavy atom. The molecule has 1 fully saturated rings. The zero-order valence-electron chi connectivity index (χ0n) is 16.2. The van der Waals surface area contributed by atoms with Gasteiger partial charge in [-0.05, 0) is 29.9 Å². The number of amides is 2. The second-order valence-electron chi connectivity index (χ2n) is 7.17. The van der Waals surface area contributed by atoms with E-state index in [1.54, 1.807) is 12.1 Å². The maximum absolute atomic E-state index is 12.3. The summed E-state index contributed by atoms with van der Waals surface area (Å²) < 4.78 is 5.11. The van der Waals surface area contributed by atoms with Gasteiger partial charge in [-0.2, -0.15) is 0 Å². The van der Waals surface area contributed by atoms with Crippen molar-refractivity contribution in [2.45, 2.75) is 46.1 Å². The van der Waals surface area contributed by atoms with E-state index >= 15 is 0 Å². The van der Waals surface area contributed by atoms with Gasteiger partial charge in [0.25, 0.3) is 5.91 Å². The number of ether oxygens (including phenoxy) is 1. The maximum Gasteiger partial charge on any atom is 0.355 e. The van der Waals surface area contributed by atoms with Crippen LogP contribution < -0.4 is 10.6 Å². The van der Waals surface area contributed by atoms with Crippen LogP contribution in [0.15, 0.2) is 36.0 Å². The van der Waals surface area contributed by atoms with Crippen molar-refractivity contribution >= 4 is 23.9 Å². The third-order valence-electron chi connectivity index (χ3n) is 5.03. The summed E-state index contributed by atoms with van der Waals surface area (Å²) in [7, 11) is 0. The van der Waals surface area contributed by atoms with Gasteiger partial charge in [-0.25, -0.2) is 4.79 Å². The van der Waals surface area contributed by atoms with Crippen LogP contribution in [-0.2, 0) is 19.1 Å². The molecule has 2 rings (SSSR count). The highest BCUT2D eigenvalue weighted by atomic mass is 16.5. The summed E-state index contributed by atoms with van der Waals surface area (Å²) in [6.45, 7) is 5.27. The largest absolute Gasteiger partial charge is 0.451 e. The third kappa shape index (κ3) is 6.55. The molecule has 1 aromatic carbocycles. The topological polar surface area (TPSA) is 84.5 Å². The molecule has 27 heavy (non-hydrogen) atoms. The summed E-state index contributed by atoms with van der Waals surface area (Å²) >= 11 is 0. The first-order valence-electron chi connectivity index (χ1n) is 9.37. The predicted octanol–water partition coefficient (Wildman–Crippen LogP) is 2.65. The predicted molar refractivity (Wildman–Crippen MR) is 103 cm³/mol. The number of hydrogen-bond acceptors (Lipinski definition) is 4. The van der Waals surface area contributed by atoms with Crippen molar-refractivity contribution in [2.24, 2.45) is 11.8 Å². The molecule has 2 N–H and O–H groups in total. The Morgan fingerprint density at radius 3 is 2.52 bits per heavy atom. The molecule has 6 nitrogen and oxygen atoms in total. The normalized spacial score (nSPS) is 22.6. The van der Waals surface area contributed by atoms with Crippen molar-refractivity contribution in [3.05, 3.63) is 41.6 Å². The molecule has 0 radical (unpaired) electrons. The van der Waals surface area contributed by atoms with E-state index in [1.165, 1.54) is 19.4 Å². The molecule has 0 saturated heterocycles. The quantitative estimate of drug-likeness (QED) is 0.594. The highest BCUT2D eigenvalue weighted by molar-refractivity contribution is 5.98. The SMILES string of the molecule is CC(=O)N/C(=C/c1ccccc1)C(=O)OCC(=O)NC1CCCC(C)C1C. The average Bonchev–Trinajstić information content (AvgIpc) is 2.63. The molecule has 0 aromatic heterocycles. The first kappa shape index (κ1) is 20.7. The zero-order valence-corrected chi connectivity index (χ0v) is 16.2. The maximum atomic E-state index is 12.3. The Morgan fingerprint density at radius 1 is 1.15 bits per heavy atom. The molecular formula is C21H28N2O4. The van der Waals surface area contributed by atoms with E-state index in [9.17, 15) is 14.4 Å². The Kier molecular flexibility index (Phi) is 7.58. The second-order valence-corrected chi connectivity index (χ2v) is 7.17. The van der Waals surface area contributed by atoms with Crippen LogP contribution in [0.4, 0.5) is 0 Å². The Bertz CT molecular complexity index is 699. The smallest absolute Gasteiger partial charge is 0.355 e. The zero-order chi connectivity index (χ0) is 19.8. The Hall–Kier alpha value is -2.63. The summed E-state index contributed by atoms with van der Waals surface area (Å²) in [6, 6.07) is 9.20. The standard InChI is InChI=1S/C21H28N2O4/c1-14-8-7-11-18(15(14)2)23-20(25)13-27-21(26)19(22-16(3)24)12-17-9-5-4-6-10-17/h4-6,9-10,12,14-15,18H,7-8,11,13H2,1-3H3,(H,22,24)(H,23,25)/b19-12+. The van der Waals surface area contributed by atoms with Gasteiger partial charge in [0.2, 0.25) is 5.91 Å². The van der Waals surface area contributed by atoms with Crippen LogP contribution in [0.5, 0.6) is 0 Å². The molecule has 0 heterocycles. The molecular weight excluding hydrogens is 344 g/mol. The number of carbonyl (C=O) groups is 3. The summed E-state index contributed by atoms with van der Waals surface area (Å²) in [5, 5.41) is 5.42. The van der Waals surface area contributed by atoms with Gasteiger partial charge in [0.05, 0.1) is 0 Å². The number of rotatable bonds is 6. The van der Waals surface area contributed by atoms with Crippen molar-refractivity contribution in [3.63, 3.8) is 0 Å². The van der Waals surface area contributed by atoms with Crippen molar-refractivity contribution in [2.75, 3.05) is 6.61 Å². The van der Waals surface area contributed by atoms with Gasteiger partial charge in [0, 0.05) is 13.0 Å². The van der Waals surface area contributed by atoms with E-state index in [1.807, 2.05) is 18.2 Å². The number of hydrogen-bond donors (Lipinski definition) is 2. The van der Waals surface area contributed by atoms with E-state index in [0.717, 1.165) is 18.4 Å². The lowest BCUT2D eigenvalue weighted by atomic mass is 9.78. The van der Waals surface area contributed by atoms with E-state index in [2.05, 4.69) is 24.5 Å². The summed E-state index contributed by atoms with van der Waals surface area (Å²) in [6.07, 6.45) is 4.72. The van der Waals surface area contributed by atoms with Crippen LogP contribution in [0.2, 0.25) is 0 Å². The fourth-order valence-electron chi connectivity index (χ4n) is 3.29. The highest BCUT2D eigenvalue weighted by Crippen LogP contribution is 2.29. The fourth-order valence-corrected chi connectivity index (χ4v) is 3.29. The number of benzene rings is 1. The summed E-state index contributed by atoms with van der Waals surface area (Å²) in [5.74, 6) is -0.493. The second kappa shape index (κ2) is 9.90.